The van der Waals surface area contributed by atoms with Crippen molar-refractivity contribution in [3.63, 3.8) is 0 Å². The van der Waals surface area contributed by atoms with Crippen molar-refractivity contribution in [2.24, 2.45) is 17.4 Å². The average Bonchev–Trinajstić information content (AvgIpc) is 3.39. The van der Waals surface area contributed by atoms with Crippen molar-refractivity contribution in [2.45, 2.75) is 38.3 Å². The number of phenolic OH excluding ortho intramolecular Hbond substituents is 1. The van der Waals surface area contributed by atoms with Crippen LogP contribution >= 0.6 is 0 Å². The predicted molar refractivity (Wildman–Crippen MR) is 95.9 cm³/mol. The molecule has 8 nitrogen and oxygen atoms in total. The highest BCUT2D eigenvalue weighted by Gasteiger charge is 2.30. The second-order valence-corrected chi connectivity index (χ2v) is 6.84. The van der Waals surface area contributed by atoms with E-state index in [0.717, 1.165) is 18.4 Å². The van der Waals surface area contributed by atoms with Crippen LogP contribution in [0.2, 0.25) is 0 Å². The first-order valence-electron chi connectivity index (χ1n) is 8.67. The largest absolute Gasteiger partial charge is 0.508 e. The zero-order valence-electron chi connectivity index (χ0n) is 14.9. The Morgan fingerprint density at radius 3 is 2.42 bits per heavy atom. The van der Waals surface area contributed by atoms with E-state index in [-0.39, 0.29) is 24.6 Å². The number of rotatable bonds is 9. The smallest absolute Gasteiger partial charge is 0.245 e. The number of carbonyl (C=O) groups is 3. The highest BCUT2D eigenvalue weighted by molar-refractivity contribution is 5.91. The van der Waals surface area contributed by atoms with Gasteiger partial charge in [0, 0.05) is 6.54 Å². The number of nitrogens with one attached hydrogen (secondary N) is 1. The summed E-state index contributed by atoms with van der Waals surface area (Å²) < 4.78 is 0. The summed E-state index contributed by atoms with van der Waals surface area (Å²) >= 11 is 0. The van der Waals surface area contributed by atoms with Crippen LogP contribution in [0.15, 0.2) is 24.3 Å². The van der Waals surface area contributed by atoms with Crippen molar-refractivity contribution in [3.05, 3.63) is 29.8 Å². The third-order valence-electron chi connectivity index (χ3n) is 4.29. The lowest BCUT2D eigenvalue weighted by molar-refractivity contribution is -0.138. The van der Waals surface area contributed by atoms with E-state index >= 15 is 0 Å². The van der Waals surface area contributed by atoms with Gasteiger partial charge in [-0.1, -0.05) is 12.1 Å². The van der Waals surface area contributed by atoms with Gasteiger partial charge in [0.25, 0.3) is 0 Å². The molecule has 0 saturated heterocycles. The number of benzene rings is 1. The van der Waals surface area contributed by atoms with Crippen LogP contribution in [0.3, 0.4) is 0 Å². The zero-order chi connectivity index (χ0) is 19.3. The molecule has 0 heterocycles. The standard InChI is InChI=1S/C18H26N4O4/c1-11(18(26)22(10-16(20)24)9-13-2-3-13)21-17(25)15(19)8-12-4-6-14(23)7-5-12/h4-7,11,13,15,23H,2-3,8-10,19H2,1H3,(H2,20,24)(H,21,25)/t11-,15+/m1/s1. The Morgan fingerprint density at radius 1 is 1.27 bits per heavy atom. The van der Waals surface area contributed by atoms with Gasteiger partial charge in [0.15, 0.2) is 0 Å². The number of amides is 3. The Kier molecular flexibility index (Phi) is 6.57. The first-order valence-corrected chi connectivity index (χ1v) is 8.67. The maximum Gasteiger partial charge on any atom is 0.245 e. The predicted octanol–water partition coefficient (Wildman–Crippen LogP) is -0.509. The van der Waals surface area contributed by atoms with Crippen LogP contribution in [0, 0.1) is 5.92 Å². The molecule has 142 valence electrons. The molecule has 1 aromatic carbocycles. The van der Waals surface area contributed by atoms with E-state index in [1.54, 1.807) is 19.1 Å². The van der Waals surface area contributed by atoms with E-state index in [2.05, 4.69) is 5.32 Å². The molecule has 0 spiro atoms. The molecular weight excluding hydrogens is 336 g/mol. The second kappa shape index (κ2) is 8.66. The molecule has 26 heavy (non-hydrogen) atoms. The molecule has 1 fully saturated rings. The van der Waals surface area contributed by atoms with Crippen LogP contribution in [-0.2, 0) is 20.8 Å². The van der Waals surface area contributed by atoms with E-state index in [4.69, 9.17) is 11.5 Å². The van der Waals surface area contributed by atoms with Crippen LogP contribution in [0.5, 0.6) is 5.75 Å². The summed E-state index contributed by atoms with van der Waals surface area (Å²) in [7, 11) is 0. The summed E-state index contributed by atoms with van der Waals surface area (Å²) in [5, 5.41) is 11.9. The van der Waals surface area contributed by atoms with Crippen LogP contribution in [-0.4, -0.2) is 52.9 Å². The number of primary amides is 1. The second-order valence-electron chi connectivity index (χ2n) is 6.84. The fourth-order valence-corrected chi connectivity index (χ4v) is 2.67. The lowest BCUT2D eigenvalue weighted by atomic mass is 10.1. The highest BCUT2D eigenvalue weighted by Crippen LogP contribution is 2.29. The number of carbonyl (C=O) groups excluding carboxylic acids is 3. The number of nitrogens with two attached hydrogens (primary N) is 2. The summed E-state index contributed by atoms with van der Waals surface area (Å²) in [5.74, 6) is -0.846. The molecule has 0 radical (unpaired) electrons. The third-order valence-corrected chi connectivity index (χ3v) is 4.29. The topological polar surface area (TPSA) is 139 Å². The fraction of sp³-hybridized carbons (Fsp3) is 0.500. The number of phenols is 1. The number of hydrogen-bond acceptors (Lipinski definition) is 5. The van der Waals surface area contributed by atoms with Crippen LogP contribution in [0.1, 0.15) is 25.3 Å². The molecule has 8 heteroatoms. The van der Waals surface area contributed by atoms with Crippen molar-refractivity contribution >= 4 is 17.7 Å². The van der Waals surface area contributed by atoms with Crippen molar-refractivity contribution in [3.8, 4) is 5.75 Å². The quantitative estimate of drug-likeness (QED) is 0.469. The molecule has 3 amide bonds. The van der Waals surface area contributed by atoms with Gasteiger partial charge in [0.1, 0.15) is 11.8 Å². The molecule has 2 rings (SSSR count). The lowest BCUT2D eigenvalue weighted by Crippen LogP contribution is -2.53. The van der Waals surface area contributed by atoms with Gasteiger partial charge >= 0.3 is 0 Å². The third kappa shape index (κ3) is 6.03. The highest BCUT2D eigenvalue weighted by atomic mass is 16.3. The molecule has 2 atom stereocenters. The Bertz CT molecular complexity index is 658. The Labute approximate surface area is 152 Å². The van der Waals surface area contributed by atoms with Gasteiger partial charge in [-0.15, -0.1) is 0 Å². The molecule has 1 saturated carbocycles. The lowest BCUT2D eigenvalue weighted by Gasteiger charge is -2.25. The summed E-state index contributed by atoms with van der Waals surface area (Å²) in [6.07, 6.45) is 2.33. The number of hydrogen-bond donors (Lipinski definition) is 4. The van der Waals surface area contributed by atoms with E-state index in [9.17, 15) is 19.5 Å². The Hall–Kier alpha value is -2.61. The average molecular weight is 362 g/mol. The molecule has 6 N–H and O–H groups in total. The minimum atomic E-state index is -0.831. The van der Waals surface area contributed by atoms with Crippen LogP contribution in [0.4, 0.5) is 0 Å². The SMILES string of the molecule is C[C@@H](NC(=O)[C@@H](N)Cc1ccc(O)cc1)C(=O)N(CC(N)=O)CC1CC1. The fourth-order valence-electron chi connectivity index (χ4n) is 2.67. The molecule has 1 aliphatic rings. The summed E-state index contributed by atoms with van der Waals surface area (Å²) in [6, 6.07) is 4.77. The van der Waals surface area contributed by atoms with Crippen LogP contribution < -0.4 is 16.8 Å². The van der Waals surface area contributed by atoms with E-state index in [0.29, 0.717) is 12.5 Å². The maximum atomic E-state index is 12.5. The van der Waals surface area contributed by atoms with Crippen molar-refractivity contribution in [1.29, 1.82) is 0 Å². The molecule has 0 bridgehead atoms. The van der Waals surface area contributed by atoms with Crippen LogP contribution in [0.25, 0.3) is 0 Å². The monoisotopic (exact) mass is 362 g/mol. The Balaban J connectivity index is 1.89. The zero-order valence-corrected chi connectivity index (χ0v) is 14.9. The van der Waals surface area contributed by atoms with Crippen molar-refractivity contribution in [2.75, 3.05) is 13.1 Å². The minimum absolute atomic E-state index is 0.135. The number of aromatic hydroxyl groups is 1. The first-order chi connectivity index (χ1) is 12.3. The van der Waals surface area contributed by atoms with Crippen molar-refractivity contribution < 1.29 is 19.5 Å². The van der Waals surface area contributed by atoms with Gasteiger partial charge < -0.3 is 26.8 Å². The summed E-state index contributed by atoms with van der Waals surface area (Å²) in [5.41, 5.74) is 11.9. The maximum absolute atomic E-state index is 12.5. The normalized spacial score (nSPS) is 15.8. The number of nitrogens with zero attached hydrogens (tertiary/aromatic N) is 1. The molecule has 1 aliphatic carbocycles. The van der Waals surface area contributed by atoms with Gasteiger partial charge in [-0.05, 0) is 49.8 Å². The molecule has 0 aliphatic heterocycles. The summed E-state index contributed by atoms with van der Waals surface area (Å²) in [4.78, 5) is 37.4. The summed E-state index contributed by atoms with van der Waals surface area (Å²) in [6.45, 7) is 1.88. The van der Waals surface area contributed by atoms with Gasteiger partial charge in [0.2, 0.25) is 17.7 Å². The van der Waals surface area contributed by atoms with Crippen molar-refractivity contribution in [1.82, 2.24) is 10.2 Å². The van der Waals surface area contributed by atoms with Gasteiger partial charge in [-0.25, -0.2) is 0 Å². The minimum Gasteiger partial charge on any atom is -0.508 e. The first kappa shape index (κ1) is 19.7. The molecule has 1 aromatic rings. The van der Waals surface area contributed by atoms with Gasteiger partial charge in [-0.2, -0.15) is 0 Å². The van der Waals surface area contributed by atoms with Gasteiger partial charge in [-0.3, -0.25) is 14.4 Å². The van der Waals surface area contributed by atoms with E-state index in [1.807, 2.05) is 0 Å². The molecular formula is C18H26N4O4. The van der Waals surface area contributed by atoms with Gasteiger partial charge in [0.05, 0.1) is 12.6 Å². The molecule has 0 aromatic heterocycles. The van der Waals surface area contributed by atoms with E-state index in [1.165, 1.54) is 17.0 Å². The van der Waals surface area contributed by atoms with E-state index < -0.39 is 23.9 Å². The Morgan fingerprint density at radius 2 is 1.88 bits per heavy atom. The molecule has 0 unspecified atom stereocenters.